The van der Waals surface area contributed by atoms with Crippen LogP contribution < -0.4 is 0 Å². The zero-order valence-electron chi connectivity index (χ0n) is 31.5. The van der Waals surface area contributed by atoms with E-state index >= 15 is 0 Å². The van der Waals surface area contributed by atoms with Crippen LogP contribution >= 0.6 is 0 Å². The first-order chi connectivity index (χ1) is 24.1. The van der Waals surface area contributed by atoms with Crippen molar-refractivity contribution in [2.45, 2.75) is 142 Å². The second-order valence-electron chi connectivity index (χ2n) is 18.6. The summed E-state index contributed by atoms with van der Waals surface area (Å²) in [7, 11) is 1.00. The fourth-order valence-corrected chi connectivity index (χ4v) is 13.3. The monoisotopic (exact) mass is 717 g/mol. The smallest absolute Gasteiger partial charge is 0.227 e. The summed E-state index contributed by atoms with van der Waals surface area (Å²) in [6.45, 7) is 11.9. The van der Waals surface area contributed by atoms with Crippen LogP contribution in [-0.2, 0) is 25.4 Å². The maximum atomic E-state index is 13.7. The van der Waals surface area contributed by atoms with Gasteiger partial charge in [-0.3, -0.25) is 4.79 Å². The van der Waals surface area contributed by atoms with Crippen LogP contribution in [-0.4, -0.2) is 89.2 Å². The molecule has 7 fully saturated rings. The Hall–Kier alpha value is -1.69. The lowest BCUT2D eigenvalue weighted by Crippen LogP contribution is -2.56. The third kappa shape index (κ3) is 6.10. The van der Waals surface area contributed by atoms with E-state index in [1.165, 1.54) is 50.7 Å². The second kappa shape index (κ2) is 13.3. The average molecular weight is 718 g/mol. The lowest BCUT2D eigenvalue weighted by atomic mass is 9.46. The normalized spacial score (nSPS) is 42.9. The van der Waals surface area contributed by atoms with E-state index in [2.05, 4.69) is 20.8 Å². The van der Waals surface area contributed by atoms with Crippen molar-refractivity contribution in [2.24, 2.45) is 45.3 Å². The van der Waals surface area contributed by atoms with Gasteiger partial charge in [0.25, 0.3) is 0 Å². The van der Waals surface area contributed by atoms with Gasteiger partial charge in [0.1, 0.15) is 17.7 Å². The summed E-state index contributed by atoms with van der Waals surface area (Å²) in [4.78, 5) is 14.8. The number of aliphatic hydroxyl groups is 3. The number of benzene rings is 1. The van der Waals surface area contributed by atoms with Crippen LogP contribution in [0, 0.1) is 57.0 Å². The molecule has 51 heavy (non-hydrogen) atoms. The van der Waals surface area contributed by atoms with Gasteiger partial charge in [-0.05, 0) is 141 Å². The van der Waals surface area contributed by atoms with Gasteiger partial charge in [-0.2, -0.15) is 0 Å². The van der Waals surface area contributed by atoms with Crippen molar-refractivity contribution in [1.29, 1.82) is 0 Å². The van der Waals surface area contributed by atoms with Crippen LogP contribution in [0.4, 0.5) is 8.78 Å². The summed E-state index contributed by atoms with van der Waals surface area (Å²) in [5.74, 6) is 0.951. The first kappa shape index (κ1) is 37.6. The highest BCUT2D eigenvalue weighted by atomic mass is 19.1. The van der Waals surface area contributed by atoms with E-state index in [1.54, 1.807) is 18.7 Å². The van der Waals surface area contributed by atoms with Crippen LogP contribution in [0.25, 0.3) is 0 Å². The number of fused-ring (bicyclic) bond motifs is 4. The zero-order valence-corrected chi connectivity index (χ0v) is 31.5. The Morgan fingerprint density at radius 1 is 0.980 bits per heavy atom. The number of hydrogen-bond acceptors (Lipinski definition) is 7. The number of halogens is 2. The van der Waals surface area contributed by atoms with E-state index in [0.717, 1.165) is 44.8 Å². The van der Waals surface area contributed by atoms with Crippen LogP contribution in [0.2, 0.25) is 0 Å². The van der Waals surface area contributed by atoms with E-state index in [-0.39, 0.29) is 41.5 Å². The van der Waals surface area contributed by atoms with Gasteiger partial charge in [-0.15, -0.1) is 0 Å². The summed E-state index contributed by atoms with van der Waals surface area (Å²) < 4.78 is 47.0. The molecule has 0 bridgehead atoms. The van der Waals surface area contributed by atoms with Crippen molar-refractivity contribution >= 4 is 5.91 Å². The predicted octanol–water partition coefficient (Wildman–Crippen LogP) is 6.02. The van der Waals surface area contributed by atoms with E-state index in [4.69, 9.17) is 19.3 Å². The van der Waals surface area contributed by atoms with Crippen LogP contribution in [0.3, 0.4) is 0 Å². The quantitative estimate of drug-likeness (QED) is 0.330. The third-order valence-electron chi connectivity index (χ3n) is 15.6. The SMILES string of the molecule is CC1(C)C(OC2CN(C(=O)Cc3cc(F)cc(F)c3)CCO2)CC[C@]23C[C@]24CCC2(C)C5CCC([C@H](O)C(C)(C)O)OC5CC2C4CCC13.CO. The average Bonchev–Trinajstić information content (AvgIpc) is 3.65. The minimum Gasteiger partial charge on any atom is -0.400 e. The molecule has 2 spiro atoms. The van der Waals surface area contributed by atoms with E-state index in [0.29, 0.717) is 53.8 Å². The van der Waals surface area contributed by atoms with Gasteiger partial charge in [0, 0.05) is 19.7 Å². The Labute approximate surface area is 302 Å². The first-order valence-corrected chi connectivity index (χ1v) is 19.6. The van der Waals surface area contributed by atoms with Crippen LogP contribution in [0.15, 0.2) is 18.2 Å². The number of ether oxygens (including phenoxy) is 3. The van der Waals surface area contributed by atoms with E-state index in [1.807, 2.05) is 0 Å². The van der Waals surface area contributed by atoms with Crippen molar-refractivity contribution < 1.29 is 43.1 Å². The lowest BCUT2D eigenvalue weighted by Gasteiger charge is -2.60. The number of morpholine rings is 1. The molecule has 0 radical (unpaired) electrons. The molecule has 3 N–H and O–H groups in total. The van der Waals surface area contributed by atoms with Gasteiger partial charge < -0.3 is 34.4 Å². The van der Waals surface area contributed by atoms with Crippen LogP contribution in [0.5, 0.6) is 0 Å². The maximum absolute atomic E-state index is 13.7. The standard InChI is InChI=1S/C40H57F2NO6.CH4O/c1-36(2)31-9-7-26-28-20-30-27(6-8-29(48-30)35(45)37(3,4)46)38(28,5)12-13-39(26)22-40(31,39)11-10-32(36)49-34-21-43(14-15-47-34)33(44)18-23-16-24(41)19-25(42)17-23;1-2/h16-17,19,26-32,34-35,45-46H,6-15,18,20-22H2,1-5H3;2H,1H3/t26?,27?,28?,29?,30?,31?,32?,34?,35-,38?,39-,40+;/m0./s1. The molecule has 1 amide bonds. The largest absolute Gasteiger partial charge is 0.400 e. The maximum Gasteiger partial charge on any atom is 0.227 e. The molecular weight excluding hydrogens is 656 g/mol. The molecule has 12 atom stereocenters. The molecule has 2 aliphatic heterocycles. The fourth-order valence-electron chi connectivity index (χ4n) is 13.3. The number of hydrogen-bond donors (Lipinski definition) is 3. The van der Waals surface area contributed by atoms with Gasteiger partial charge in [-0.25, -0.2) is 8.78 Å². The number of carbonyl (C=O) groups is 1. The molecule has 2 saturated heterocycles. The molecule has 286 valence electrons. The minimum atomic E-state index is -1.17. The molecule has 8 nitrogen and oxygen atoms in total. The number of amides is 1. The van der Waals surface area contributed by atoms with Gasteiger partial charge in [0.15, 0.2) is 6.29 Å². The Morgan fingerprint density at radius 2 is 1.69 bits per heavy atom. The van der Waals surface area contributed by atoms with E-state index < -0.39 is 29.6 Å². The third-order valence-corrected chi connectivity index (χ3v) is 15.6. The fraction of sp³-hybridized carbons (Fsp3) is 0.829. The van der Waals surface area contributed by atoms with Gasteiger partial charge in [0.2, 0.25) is 5.91 Å². The Kier molecular flexibility index (Phi) is 9.78. The Bertz CT molecular complexity index is 1450. The van der Waals surface area contributed by atoms with Gasteiger partial charge in [-0.1, -0.05) is 20.8 Å². The summed E-state index contributed by atoms with van der Waals surface area (Å²) in [5.41, 5.74) is 0.182. The second-order valence-corrected chi connectivity index (χ2v) is 18.6. The molecule has 7 aliphatic rings. The number of aliphatic hydroxyl groups excluding tert-OH is 2. The lowest BCUT2D eigenvalue weighted by molar-refractivity contribution is -0.244. The molecular formula is C41H61F2NO7. The van der Waals surface area contributed by atoms with Crippen molar-refractivity contribution in [1.82, 2.24) is 4.90 Å². The van der Waals surface area contributed by atoms with Gasteiger partial charge >= 0.3 is 0 Å². The summed E-state index contributed by atoms with van der Waals surface area (Å²) in [6, 6.07) is 3.26. The van der Waals surface area contributed by atoms with Crippen LogP contribution in [0.1, 0.15) is 104 Å². The van der Waals surface area contributed by atoms with Crippen molar-refractivity contribution in [2.75, 3.05) is 26.8 Å². The molecule has 1 aromatic carbocycles. The Morgan fingerprint density at radius 3 is 2.39 bits per heavy atom. The number of rotatable bonds is 6. The highest BCUT2D eigenvalue weighted by Crippen LogP contribution is 2.87. The molecule has 1 aromatic rings. The summed E-state index contributed by atoms with van der Waals surface area (Å²) in [6.07, 6.45) is 9.96. The molecule has 10 heteroatoms. The van der Waals surface area contributed by atoms with Gasteiger partial charge in [0.05, 0.1) is 43.5 Å². The summed E-state index contributed by atoms with van der Waals surface area (Å²) >= 11 is 0. The minimum absolute atomic E-state index is 0.0323. The number of nitrogens with zero attached hydrogens (tertiary/aromatic N) is 1. The first-order valence-electron chi connectivity index (χ1n) is 19.6. The highest BCUT2D eigenvalue weighted by molar-refractivity contribution is 5.78. The molecule has 9 unspecified atom stereocenters. The van der Waals surface area contributed by atoms with Crippen molar-refractivity contribution in [3.05, 3.63) is 35.4 Å². The molecule has 5 saturated carbocycles. The van der Waals surface area contributed by atoms with E-state index in [9.17, 15) is 23.8 Å². The Balaban J connectivity index is 0.00000200. The highest BCUT2D eigenvalue weighted by Gasteiger charge is 2.80. The van der Waals surface area contributed by atoms with Crippen molar-refractivity contribution in [3.63, 3.8) is 0 Å². The predicted molar refractivity (Wildman–Crippen MR) is 187 cm³/mol. The molecule has 2 heterocycles. The molecule has 0 aromatic heterocycles. The molecule has 8 rings (SSSR count). The topological polar surface area (TPSA) is 109 Å². The summed E-state index contributed by atoms with van der Waals surface area (Å²) in [5, 5.41) is 28.4. The number of carbonyl (C=O) groups excluding carboxylic acids is 1. The zero-order chi connectivity index (χ0) is 36.7. The van der Waals surface area contributed by atoms with Crippen molar-refractivity contribution in [3.8, 4) is 0 Å². The molecule has 5 aliphatic carbocycles.